The highest BCUT2D eigenvalue weighted by atomic mass is 16.5. The van der Waals surface area contributed by atoms with E-state index in [1.807, 2.05) is 23.1 Å². The fourth-order valence-corrected chi connectivity index (χ4v) is 4.75. The number of nitrogens with zero attached hydrogens (tertiary/aromatic N) is 2. The number of nitrogens with one attached hydrogen (secondary N) is 1. The predicted molar refractivity (Wildman–Crippen MR) is 104 cm³/mol. The largest absolute Gasteiger partial charge is 0.378 e. The molecule has 6 nitrogen and oxygen atoms in total. The second kappa shape index (κ2) is 8.30. The van der Waals surface area contributed by atoms with Crippen LogP contribution in [0.25, 0.3) is 0 Å². The quantitative estimate of drug-likeness (QED) is 0.886. The van der Waals surface area contributed by atoms with Crippen LogP contribution in [0.3, 0.4) is 0 Å². The van der Waals surface area contributed by atoms with E-state index in [1.165, 1.54) is 25.7 Å². The van der Waals surface area contributed by atoms with Crippen LogP contribution >= 0.6 is 0 Å². The van der Waals surface area contributed by atoms with Crippen molar-refractivity contribution in [2.24, 2.45) is 5.92 Å². The Bertz CT molecular complexity index is 681. The first-order valence-electron chi connectivity index (χ1n) is 10.3. The maximum absolute atomic E-state index is 12.9. The van der Waals surface area contributed by atoms with Gasteiger partial charge in [-0.2, -0.15) is 0 Å². The number of carbonyl (C=O) groups excluding carboxylic acids is 2. The number of amides is 3. The maximum atomic E-state index is 12.9. The average molecular weight is 371 g/mol. The summed E-state index contributed by atoms with van der Waals surface area (Å²) in [6, 6.07) is 7.64. The van der Waals surface area contributed by atoms with Gasteiger partial charge >= 0.3 is 6.03 Å². The van der Waals surface area contributed by atoms with Gasteiger partial charge in [0.05, 0.1) is 13.2 Å². The van der Waals surface area contributed by atoms with E-state index < -0.39 is 0 Å². The molecule has 6 heteroatoms. The van der Waals surface area contributed by atoms with E-state index in [1.54, 1.807) is 11.0 Å². The fraction of sp³-hybridized carbons (Fsp3) is 0.619. The van der Waals surface area contributed by atoms with Gasteiger partial charge in [-0.1, -0.05) is 18.9 Å². The lowest BCUT2D eigenvalue weighted by Gasteiger charge is -2.29. The summed E-state index contributed by atoms with van der Waals surface area (Å²) in [7, 11) is 0. The van der Waals surface area contributed by atoms with E-state index in [-0.39, 0.29) is 11.9 Å². The van der Waals surface area contributed by atoms with Gasteiger partial charge in [0.15, 0.2) is 0 Å². The molecule has 27 heavy (non-hydrogen) atoms. The molecule has 0 aromatic heterocycles. The molecule has 1 N–H and O–H groups in total. The minimum atomic E-state index is -0.0274. The molecule has 1 aliphatic carbocycles. The van der Waals surface area contributed by atoms with Crippen LogP contribution in [-0.2, 0) is 4.74 Å². The van der Waals surface area contributed by atoms with Crippen LogP contribution in [0.4, 0.5) is 10.5 Å². The second-order valence-electron chi connectivity index (χ2n) is 7.86. The molecule has 0 unspecified atom stereocenters. The Balaban J connectivity index is 1.41. The number of benzene rings is 1. The predicted octanol–water partition coefficient (Wildman–Crippen LogP) is 3.35. The zero-order valence-electron chi connectivity index (χ0n) is 15.9. The molecule has 2 aliphatic heterocycles. The van der Waals surface area contributed by atoms with Gasteiger partial charge in [0.1, 0.15) is 0 Å². The van der Waals surface area contributed by atoms with Gasteiger partial charge < -0.3 is 19.9 Å². The van der Waals surface area contributed by atoms with Gasteiger partial charge in [0.2, 0.25) is 0 Å². The lowest BCUT2D eigenvalue weighted by atomic mass is 9.96. The van der Waals surface area contributed by atoms with Crippen molar-refractivity contribution in [3.05, 3.63) is 29.8 Å². The Labute approximate surface area is 160 Å². The second-order valence-corrected chi connectivity index (χ2v) is 7.86. The highest BCUT2D eigenvalue weighted by Gasteiger charge is 2.35. The number of likely N-dealkylation sites (tertiary alicyclic amines) is 1. The van der Waals surface area contributed by atoms with Crippen molar-refractivity contribution in [3.63, 3.8) is 0 Å². The van der Waals surface area contributed by atoms with E-state index in [0.717, 1.165) is 19.4 Å². The van der Waals surface area contributed by atoms with Crippen molar-refractivity contribution >= 4 is 17.6 Å². The zero-order chi connectivity index (χ0) is 18.6. The van der Waals surface area contributed by atoms with E-state index in [9.17, 15) is 9.59 Å². The standard InChI is InChI=1S/C21H29N3O3/c25-20(23-11-13-27-14-12-23)17-7-3-8-18(15-17)22-21(26)24-10-4-9-19(24)16-5-1-2-6-16/h3,7-8,15-16,19H,1-2,4-6,9-14H2,(H,22,26)/t19-/m1/s1. The molecule has 1 saturated carbocycles. The van der Waals surface area contributed by atoms with E-state index in [2.05, 4.69) is 5.32 Å². The third-order valence-corrected chi connectivity index (χ3v) is 6.16. The van der Waals surface area contributed by atoms with Crippen molar-refractivity contribution in [2.45, 2.75) is 44.6 Å². The van der Waals surface area contributed by atoms with Crippen molar-refractivity contribution in [1.29, 1.82) is 0 Å². The summed E-state index contributed by atoms with van der Waals surface area (Å²) in [5.74, 6) is 0.659. The Morgan fingerprint density at radius 3 is 2.56 bits per heavy atom. The monoisotopic (exact) mass is 371 g/mol. The molecule has 0 radical (unpaired) electrons. The summed E-state index contributed by atoms with van der Waals surface area (Å²) < 4.78 is 5.31. The first-order chi connectivity index (χ1) is 13.2. The van der Waals surface area contributed by atoms with Crippen molar-refractivity contribution in [3.8, 4) is 0 Å². The molecule has 3 aliphatic rings. The molecule has 3 fully saturated rings. The number of hydrogen-bond acceptors (Lipinski definition) is 3. The van der Waals surface area contributed by atoms with Gasteiger partial charge in [-0.3, -0.25) is 4.79 Å². The smallest absolute Gasteiger partial charge is 0.322 e. The molecular formula is C21H29N3O3. The molecule has 0 spiro atoms. The summed E-state index contributed by atoms with van der Waals surface area (Å²) in [6.45, 7) is 3.23. The van der Waals surface area contributed by atoms with Crippen molar-refractivity contribution in [1.82, 2.24) is 9.80 Å². The minimum Gasteiger partial charge on any atom is -0.378 e. The van der Waals surface area contributed by atoms with Crippen LogP contribution in [0.2, 0.25) is 0 Å². The van der Waals surface area contributed by atoms with E-state index in [0.29, 0.717) is 49.5 Å². The zero-order valence-corrected chi connectivity index (χ0v) is 15.9. The average Bonchev–Trinajstić information content (AvgIpc) is 3.39. The van der Waals surface area contributed by atoms with Gasteiger partial charge in [-0.15, -0.1) is 0 Å². The first kappa shape index (κ1) is 18.3. The van der Waals surface area contributed by atoms with Gasteiger partial charge in [-0.25, -0.2) is 4.79 Å². The van der Waals surface area contributed by atoms with Crippen LogP contribution in [0.15, 0.2) is 24.3 Å². The van der Waals surface area contributed by atoms with Crippen LogP contribution in [0.1, 0.15) is 48.9 Å². The molecule has 1 aromatic carbocycles. The highest BCUT2D eigenvalue weighted by molar-refractivity contribution is 5.97. The number of morpholine rings is 1. The number of anilines is 1. The first-order valence-corrected chi connectivity index (χ1v) is 10.3. The highest BCUT2D eigenvalue weighted by Crippen LogP contribution is 2.35. The molecular weight excluding hydrogens is 342 g/mol. The molecule has 0 bridgehead atoms. The van der Waals surface area contributed by atoms with Gasteiger partial charge in [-0.05, 0) is 49.8 Å². The number of hydrogen-bond donors (Lipinski definition) is 1. The topological polar surface area (TPSA) is 61.9 Å². The molecule has 1 aromatic rings. The van der Waals surface area contributed by atoms with Crippen LogP contribution in [-0.4, -0.2) is 60.6 Å². The number of urea groups is 1. The Hall–Kier alpha value is -2.08. The summed E-state index contributed by atoms with van der Waals surface area (Å²) in [5, 5.41) is 3.03. The van der Waals surface area contributed by atoms with Crippen LogP contribution < -0.4 is 5.32 Å². The summed E-state index contributed by atoms with van der Waals surface area (Å²) in [4.78, 5) is 29.4. The fourth-order valence-electron chi connectivity index (χ4n) is 4.75. The Morgan fingerprint density at radius 1 is 1.00 bits per heavy atom. The maximum Gasteiger partial charge on any atom is 0.322 e. The lowest BCUT2D eigenvalue weighted by molar-refractivity contribution is 0.0303. The molecule has 3 amide bonds. The summed E-state index contributed by atoms with van der Waals surface area (Å²) in [6.07, 6.45) is 7.29. The van der Waals surface area contributed by atoms with E-state index in [4.69, 9.17) is 4.74 Å². The SMILES string of the molecule is O=C(c1cccc(NC(=O)N2CCC[C@@H]2C2CCCC2)c1)N1CCOCC1. The summed E-state index contributed by atoms with van der Waals surface area (Å²) in [5.41, 5.74) is 1.31. The van der Waals surface area contributed by atoms with Crippen LogP contribution in [0.5, 0.6) is 0 Å². The molecule has 2 heterocycles. The van der Waals surface area contributed by atoms with Gasteiger partial charge in [0.25, 0.3) is 5.91 Å². The van der Waals surface area contributed by atoms with Gasteiger partial charge in [0, 0.05) is 36.9 Å². The molecule has 4 rings (SSSR count). The molecule has 1 atom stereocenters. The number of rotatable bonds is 3. The lowest BCUT2D eigenvalue weighted by Crippen LogP contribution is -2.42. The molecule has 2 saturated heterocycles. The van der Waals surface area contributed by atoms with Crippen molar-refractivity contribution in [2.75, 3.05) is 38.2 Å². The Morgan fingerprint density at radius 2 is 1.78 bits per heavy atom. The minimum absolute atomic E-state index is 0.000552. The van der Waals surface area contributed by atoms with Crippen LogP contribution in [0, 0.1) is 5.92 Å². The third kappa shape index (κ3) is 4.10. The van der Waals surface area contributed by atoms with E-state index >= 15 is 0 Å². The number of carbonyl (C=O) groups is 2. The summed E-state index contributed by atoms with van der Waals surface area (Å²) >= 11 is 0. The Kier molecular flexibility index (Phi) is 5.62. The molecule has 146 valence electrons. The number of ether oxygens (including phenoxy) is 1. The third-order valence-electron chi connectivity index (χ3n) is 6.16. The normalized spacial score (nSPS) is 23.6. The van der Waals surface area contributed by atoms with Crippen molar-refractivity contribution < 1.29 is 14.3 Å².